The molecule has 1 fully saturated rings. The fourth-order valence-corrected chi connectivity index (χ4v) is 2.93. The maximum atomic E-state index is 12.9. The molecule has 0 radical (unpaired) electrons. The van der Waals surface area contributed by atoms with E-state index in [1.807, 2.05) is 55.1 Å². The molecule has 1 aliphatic rings. The lowest BCUT2D eigenvalue weighted by Crippen LogP contribution is -2.44. The zero-order valence-corrected chi connectivity index (χ0v) is 13.0. The first kappa shape index (κ1) is 15.5. The predicted octanol–water partition coefficient (Wildman–Crippen LogP) is 2.36. The van der Waals surface area contributed by atoms with Crippen LogP contribution in [0, 0.1) is 24.2 Å². The highest BCUT2D eigenvalue weighted by molar-refractivity contribution is 5.83. The highest BCUT2D eigenvalue weighted by Crippen LogP contribution is 2.26. The van der Waals surface area contributed by atoms with Gasteiger partial charge < -0.3 is 4.90 Å². The lowest BCUT2D eigenvalue weighted by Gasteiger charge is -2.35. The Morgan fingerprint density at radius 3 is 2.48 bits per heavy atom. The van der Waals surface area contributed by atoms with E-state index < -0.39 is 0 Å². The molecule has 1 aliphatic heterocycles. The number of amides is 1. The third kappa shape index (κ3) is 3.43. The van der Waals surface area contributed by atoms with Gasteiger partial charge in [0, 0.05) is 19.0 Å². The van der Waals surface area contributed by atoms with Crippen LogP contribution in [0.2, 0.25) is 0 Å². The summed E-state index contributed by atoms with van der Waals surface area (Å²) in [4.78, 5) is 16.8. The number of aryl methyl sites for hydroxylation is 1. The van der Waals surface area contributed by atoms with Crippen molar-refractivity contribution in [2.75, 3.05) is 27.2 Å². The third-order valence-corrected chi connectivity index (χ3v) is 4.22. The molecule has 0 aromatic heterocycles. The minimum atomic E-state index is -0.246. The number of benzene rings is 1. The summed E-state index contributed by atoms with van der Waals surface area (Å²) < 4.78 is 0. The first-order chi connectivity index (χ1) is 10.0. The van der Waals surface area contributed by atoms with Gasteiger partial charge >= 0.3 is 0 Å². The second kappa shape index (κ2) is 6.73. The van der Waals surface area contributed by atoms with E-state index in [4.69, 9.17) is 5.26 Å². The summed E-state index contributed by atoms with van der Waals surface area (Å²) in [6.45, 7) is 3.42. The molecule has 0 unspecified atom stereocenters. The molecule has 1 aromatic rings. The molecule has 1 aromatic carbocycles. The van der Waals surface area contributed by atoms with Gasteiger partial charge in [-0.1, -0.05) is 24.3 Å². The molecule has 4 heteroatoms. The van der Waals surface area contributed by atoms with Gasteiger partial charge in [-0.3, -0.25) is 9.69 Å². The van der Waals surface area contributed by atoms with Crippen molar-refractivity contribution in [2.45, 2.75) is 25.8 Å². The Labute approximate surface area is 127 Å². The highest BCUT2D eigenvalue weighted by Gasteiger charge is 2.31. The number of hydrogen-bond acceptors (Lipinski definition) is 3. The van der Waals surface area contributed by atoms with Gasteiger partial charge in [0.25, 0.3) is 0 Å². The molecule has 0 bridgehead atoms. The molecular formula is C17H23N3O. The molecule has 2 rings (SSSR count). The Kier molecular flexibility index (Phi) is 4.98. The number of likely N-dealkylation sites (N-methyl/N-ethyl adjacent to an activating group) is 1. The maximum absolute atomic E-state index is 12.9. The van der Waals surface area contributed by atoms with E-state index in [0.717, 1.165) is 24.0 Å². The van der Waals surface area contributed by atoms with Crippen molar-refractivity contribution in [1.29, 1.82) is 5.26 Å². The molecule has 0 spiro atoms. The van der Waals surface area contributed by atoms with Crippen LogP contribution in [-0.4, -0.2) is 42.9 Å². The summed E-state index contributed by atoms with van der Waals surface area (Å²) in [5, 5.41) is 8.97. The van der Waals surface area contributed by atoms with Crippen LogP contribution in [0.3, 0.4) is 0 Å². The maximum Gasteiger partial charge on any atom is 0.244 e. The Balaban J connectivity index is 2.18. The van der Waals surface area contributed by atoms with E-state index in [1.54, 1.807) is 0 Å². The van der Waals surface area contributed by atoms with Crippen molar-refractivity contribution in [3.8, 4) is 6.07 Å². The van der Waals surface area contributed by atoms with Crippen molar-refractivity contribution in [3.05, 3.63) is 35.4 Å². The summed E-state index contributed by atoms with van der Waals surface area (Å²) in [7, 11) is 3.88. The molecule has 0 N–H and O–H groups in total. The van der Waals surface area contributed by atoms with Crippen LogP contribution in [0.4, 0.5) is 0 Å². The second-order valence-corrected chi connectivity index (χ2v) is 5.95. The summed E-state index contributed by atoms with van der Waals surface area (Å²) in [6, 6.07) is 10.1. The largest absolute Gasteiger partial charge is 0.341 e. The fraction of sp³-hybridized carbons (Fsp3) is 0.529. The van der Waals surface area contributed by atoms with E-state index in [-0.39, 0.29) is 17.9 Å². The molecule has 1 saturated heterocycles. The van der Waals surface area contributed by atoms with E-state index in [0.29, 0.717) is 13.1 Å². The smallest absolute Gasteiger partial charge is 0.244 e. The zero-order chi connectivity index (χ0) is 15.4. The summed E-state index contributed by atoms with van der Waals surface area (Å²) in [5.41, 5.74) is 2.20. The van der Waals surface area contributed by atoms with Crippen LogP contribution < -0.4 is 0 Å². The summed E-state index contributed by atoms with van der Waals surface area (Å²) in [6.07, 6.45) is 1.58. The van der Waals surface area contributed by atoms with Gasteiger partial charge in [-0.05, 0) is 45.0 Å². The highest BCUT2D eigenvalue weighted by atomic mass is 16.2. The number of rotatable bonds is 3. The number of piperidine rings is 1. The number of nitriles is 1. The quantitative estimate of drug-likeness (QED) is 0.856. The van der Waals surface area contributed by atoms with Crippen LogP contribution in [0.15, 0.2) is 24.3 Å². The van der Waals surface area contributed by atoms with Crippen molar-refractivity contribution in [1.82, 2.24) is 9.80 Å². The first-order valence-corrected chi connectivity index (χ1v) is 7.45. The van der Waals surface area contributed by atoms with Crippen LogP contribution in [-0.2, 0) is 4.79 Å². The van der Waals surface area contributed by atoms with E-state index in [2.05, 4.69) is 6.07 Å². The van der Waals surface area contributed by atoms with Crippen molar-refractivity contribution >= 4 is 5.91 Å². The molecule has 1 heterocycles. The molecule has 0 saturated carbocycles. The molecule has 1 amide bonds. The van der Waals surface area contributed by atoms with Crippen LogP contribution >= 0.6 is 0 Å². The number of likely N-dealkylation sites (tertiary alicyclic amines) is 1. The van der Waals surface area contributed by atoms with Gasteiger partial charge in [-0.15, -0.1) is 0 Å². The topological polar surface area (TPSA) is 47.3 Å². The van der Waals surface area contributed by atoms with Gasteiger partial charge in [0.2, 0.25) is 5.91 Å². The molecular weight excluding hydrogens is 262 g/mol. The van der Waals surface area contributed by atoms with Crippen LogP contribution in [0.5, 0.6) is 0 Å². The van der Waals surface area contributed by atoms with Gasteiger partial charge in [-0.25, -0.2) is 0 Å². The number of carbonyl (C=O) groups excluding carboxylic acids is 1. The van der Waals surface area contributed by atoms with E-state index in [1.165, 1.54) is 0 Å². The average Bonchev–Trinajstić information content (AvgIpc) is 2.49. The van der Waals surface area contributed by atoms with Crippen molar-refractivity contribution in [2.24, 2.45) is 5.92 Å². The van der Waals surface area contributed by atoms with Crippen molar-refractivity contribution < 1.29 is 4.79 Å². The number of nitrogens with zero attached hydrogens (tertiary/aromatic N) is 3. The van der Waals surface area contributed by atoms with Crippen molar-refractivity contribution in [3.63, 3.8) is 0 Å². The Morgan fingerprint density at radius 2 is 1.95 bits per heavy atom. The summed E-state index contributed by atoms with van der Waals surface area (Å²) >= 11 is 0. The molecule has 1 atom stereocenters. The van der Waals surface area contributed by atoms with Gasteiger partial charge in [0.05, 0.1) is 6.07 Å². The lowest BCUT2D eigenvalue weighted by atomic mass is 9.95. The molecule has 0 aliphatic carbocycles. The third-order valence-electron chi connectivity index (χ3n) is 4.22. The molecule has 112 valence electrons. The molecule has 4 nitrogen and oxygen atoms in total. The van der Waals surface area contributed by atoms with Gasteiger partial charge in [-0.2, -0.15) is 5.26 Å². The zero-order valence-electron chi connectivity index (χ0n) is 13.0. The normalized spacial score (nSPS) is 17.6. The van der Waals surface area contributed by atoms with E-state index >= 15 is 0 Å². The van der Waals surface area contributed by atoms with Gasteiger partial charge in [0.15, 0.2) is 0 Å². The minimum Gasteiger partial charge on any atom is -0.341 e. The SMILES string of the molecule is Cc1ccccc1[C@@H](C(=O)N1CCC(C#N)CC1)N(C)C. The Bertz CT molecular complexity index is 539. The Morgan fingerprint density at radius 1 is 1.33 bits per heavy atom. The standard InChI is InChI=1S/C17H23N3O/c1-13-6-4-5-7-15(13)16(19(2)3)17(21)20-10-8-14(12-18)9-11-20/h4-7,14,16H,8-11H2,1-3H3/t16-/m0/s1. The minimum absolute atomic E-state index is 0.102. The Hall–Kier alpha value is -1.86. The number of hydrogen-bond donors (Lipinski definition) is 0. The monoisotopic (exact) mass is 285 g/mol. The first-order valence-electron chi connectivity index (χ1n) is 7.45. The predicted molar refractivity (Wildman–Crippen MR) is 82.5 cm³/mol. The second-order valence-electron chi connectivity index (χ2n) is 5.95. The van der Waals surface area contributed by atoms with Crippen LogP contribution in [0.1, 0.15) is 30.0 Å². The van der Waals surface area contributed by atoms with Gasteiger partial charge in [0.1, 0.15) is 6.04 Å². The van der Waals surface area contributed by atoms with Crippen LogP contribution in [0.25, 0.3) is 0 Å². The number of carbonyl (C=O) groups is 1. The summed E-state index contributed by atoms with van der Waals surface area (Å²) in [5.74, 6) is 0.246. The lowest BCUT2D eigenvalue weighted by molar-refractivity contribution is -0.137. The molecule has 21 heavy (non-hydrogen) atoms. The average molecular weight is 285 g/mol. The fourth-order valence-electron chi connectivity index (χ4n) is 2.93. The van der Waals surface area contributed by atoms with E-state index in [9.17, 15) is 4.79 Å².